The van der Waals surface area contributed by atoms with Gasteiger partial charge in [0.1, 0.15) is 24.4 Å². The Morgan fingerprint density at radius 2 is 0.960 bits per heavy atom. The zero-order valence-corrected chi connectivity index (χ0v) is 47.4. The summed E-state index contributed by atoms with van der Waals surface area (Å²) in [5.41, 5.74) is 0. The monoisotopic (exact) mass is 1050 g/mol. The molecule has 1 amide bonds. The lowest BCUT2D eigenvalue weighted by atomic mass is 9.99. The Balaban J connectivity index is 2.74. The Morgan fingerprint density at radius 3 is 1.47 bits per heavy atom. The fraction of sp³-hybridized carbons (Fsp3) is 0.719. The van der Waals surface area contributed by atoms with E-state index in [4.69, 9.17) is 14.2 Å². The molecule has 0 bridgehead atoms. The van der Waals surface area contributed by atoms with Crippen LogP contribution in [0.3, 0.4) is 0 Å². The highest BCUT2D eigenvalue weighted by Gasteiger charge is 2.47. The highest BCUT2D eigenvalue weighted by atomic mass is 16.7. The lowest BCUT2D eigenvalue weighted by Crippen LogP contribution is -2.61. The van der Waals surface area contributed by atoms with Crippen LogP contribution in [-0.2, 0) is 23.8 Å². The van der Waals surface area contributed by atoms with Gasteiger partial charge in [-0.2, -0.15) is 0 Å². The van der Waals surface area contributed by atoms with Gasteiger partial charge in [0.05, 0.1) is 25.4 Å². The van der Waals surface area contributed by atoms with Crippen molar-refractivity contribution in [3.05, 3.63) is 97.2 Å². The first-order valence-electron chi connectivity index (χ1n) is 30.0. The fourth-order valence-electron chi connectivity index (χ4n) is 8.71. The average molecular weight is 1050 g/mol. The van der Waals surface area contributed by atoms with Gasteiger partial charge in [0.15, 0.2) is 12.4 Å². The summed E-state index contributed by atoms with van der Waals surface area (Å²) >= 11 is 0. The number of carbonyl (C=O) groups excluding carboxylic acids is 2. The van der Waals surface area contributed by atoms with Crippen molar-refractivity contribution in [3.8, 4) is 0 Å². The summed E-state index contributed by atoms with van der Waals surface area (Å²) < 4.78 is 17.6. The largest absolute Gasteiger partial charge is 0.454 e. The fourth-order valence-corrected chi connectivity index (χ4v) is 8.71. The van der Waals surface area contributed by atoms with E-state index in [2.05, 4.69) is 105 Å². The molecule has 430 valence electrons. The van der Waals surface area contributed by atoms with E-state index in [1.54, 1.807) is 6.08 Å². The highest BCUT2D eigenvalue weighted by molar-refractivity contribution is 5.80. The number of rotatable bonds is 49. The second-order valence-corrected chi connectivity index (χ2v) is 20.3. The van der Waals surface area contributed by atoms with Crippen molar-refractivity contribution in [2.24, 2.45) is 0 Å². The number of ether oxygens (including phenoxy) is 3. The van der Waals surface area contributed by atoms with Crippen LogP contribution in [0, 0.1) is 0 Å². The van der Waals surface area contributed by atoms with E-state index in [-0.39, 0.29) is 19.4 Å². The minimum absolute atomic E-state index is 0.109. The van der Waals surface area contributed by atoms with Crippen molar-refractivity contribution >= 4 is 11.9 Å². The van der Waals surface area contributed by atoms with Crippen LogP contribution in [0.15, 0.2) is 97.2 Å². The van der Waals surface area contributed by atoms with Gasteiger partial charge in [0.2, 0.25) is 5.91 Å². The standard InChI is InChI=1S/C64H109NO10/c1-4-7-10-13-16-19-22-24-26-27-28-29-30-32-33-36-39-42-45-48-51-57(68)63(72)65-55(56(67)50-47-44-41-38-35-21-18-15-12-9-6-3)54-73-64-62(61(71)60(70)58(53-66)74-64)75-59(69)52-49-46-43-40-37-34-31-25-23-20-17-14-11-8-5-2/h7,10,16,19-20,23-24,26,28-29,32-33,39,42,47,50,55-58,60-62,64,66-68,70-71H,4-6,8-9,11-15,17-18,21-22,25,27,30-31,34-38,40-41,43-46,48-49,51-54H2,1-3H3,(H,65,72)/b10-7-,19-16-,23-20-,26-24-,29-28-,33-32-,42-39-,50-47+. The van der Waals surface area contributed by atoms with Gasteiger partial charge < -0.3 is 45.1 Å². The molecule has 0 aromatic heterocycles. The molecule has 0 radical (unpaired) electrons. The van der Waals surface area contributed by atoms with Crippen LogP contribution in [0.4, 0.5) is 0 Å². The Morgan fingerprint density at radius 1 is 0.533 bits per heavy atom. The number of unbranched alkanes of at least 4 members (excludes halogenated alkanes) is 21. The summed E-state index contributed by atoms with van der Waals surface area (Å²) in [6.45, 7) is 5.61. The molecule has 1 saturated heterocycles. The van der Waals surface area contributed by atoms with Crippen LogP contribution in [-0.4, -0.2) is 99.6 Å². The average Bonchev–Trinajstić information content (AvgIpc) is 3.41. The summed E-state index contributed by atoms with van der Waals surface area (Å²) in [5.74, 6) is -1.25. The number of nitrogens with one attached hydrogen (secondary N) is 1. The van der Waals surface area contributed by atoms with E-state index in [0.29, 0.717) is 19.3 Å². The molecule has 0 aliphatic carbocycles. The normalized spacial score (nSPS) is 19.9. The van der Waals surface area contributed by atoms with Gasteiger partial charge in [-0.3, -0.25) is 9.59 Å². The predicted octanol–water partition coefficient (Wildman–Crippen LogP) is 13.9. The summed E-state index contributed by atoms with van der Waals surface area (Å²) in [4.78, 5) is 26.5. The van der Waals surface area contributed by atoms with Crippen LogP contribution in [0.1, 0.15) is 233 Å². The zero-order chi connectivity index (χ0) is 54.7. The Hall–Kier alpha value is -3.42. The predicted molar refractivity (Wildman–Crippen MR) is 310 cm³/mol. The molecule has 8 unspecified atom stereocenters. The lowest BCUT2D eigenvalue weighted by Gasteiger charge is -2.41. The molecule has 1 aliphatic heterocycles. The molecule has 0 saturated carbocycles. The molecule has 1 aliphatic rings. The molecule has 0 aromatic rings. The van der Waals surface area contributed by atoms with Crippen LogP contribution in [0.5, 0.6) is 0 Å². The van der Waals surface area contributed by atoms with Gasteiger partial charge >= 0.3 is 5.97 Å². The topological polar surface area (TPSA) is 175 Å². The van der Waals surface area contributed by atoms with Gasteiger partial charge in [0.25, 0.3) is 0 Å². The van der Waals surface area contributed by atoms with E-state index in [1.807, 2.05) is 12.2 Å². The van der Waals surface area contributed by atoms with Crippen molar-refractivity contribution in [1.29, 1.82) is 0 Å². The van der Waals surface area contributed by atoms with Gasteiger partial charge in [-0.15, -0.1) is 0 Å². The number of amides is 1. The minimum Gasteiger partial charge on any atom is -0.454 e. The second kappa shape index (κ2) is 51.3. The number of aliphatic hydroxyl groups excluding tert-OH is 5. The van der Waals surface area contributed by atoms with Crippen LogP contribution < -0.4 is 5.32 Å². The molecule has 11 heteroatoms. The van der Waals surface area contributed by atoms with E-state index in [0.717, 1.165) is 96.3 Å². The maximum absolute atomic E-state index is 13.4. The number of esters is 1. The summed E-state index contributed by atoms with van der Waals surface area (Å²) in [6.07, 6.45) is 57.3. The summed E-state index contributed by atoms with van der Waals surface area (Å²) in [5, 5.41) is 56.8. The molecule has 11 nitrogen and oxygen atoms in total. The second-order valence-electron chi connectivity index (χ2n) is 20.3. The smallest absolute Gasteiger partial charge is 0.306 e. The van der Waals surface area contributed by atoms with Crippen LogP contribution >= 0.6 is 0 Å². The number of allylic oxidation sites excluding steroid dienone is 15. The summed E-state index contributed by atoms with van der Waals surface area (Å²) in [7, 11) is 0. The lowest BCUT2D eigenvalue weighted by molar-refractivity contribution is -0.305. The first kappa shape index (κ1) is 69.6. The van der Waals surface area contributed by atoms with E-state index in [1.165, 1.54) is 83.5 Å². The van der Waals surface area contributed by atoms with E-state index in [9.17, 15) is 35.1 Å². The van der Waals surface area contributed by atoms with Crippen LogP contribution in [0.2, 0.25) is 0 Å². The van der Waals surface area contributed by atoms with Crippen molar-refractivity contribution in [3.63, 3.8) is 0 Å². The van der Waals surface area contributed by atoms with Crippen LogP contribution in [0.25, 0.3) is 0 Å². The van der Waals surface area contributed by atoms with Gasteiger partial charge in [0, 0.05) is 6.42 Å². The third-order valence-electron chi connectivity index (χ3n) is 13.5. The molecular weight excluding hydrogens is 943 g/mol. The van der Waals surface area contributed by atoms with E-state index >= 15 is 0 Å². The molecule has 8 atom stereocenters. The minimum atomic E-state index is -1.63. The molecule has 1 rings (SSSR count). The number of hydrogen-bond acceptors (Lipinski definition) is 10. The maximum Gasteiger partial charge on any atom is 0.306 e. The third-order valence-corrected chi connectivity index (χ3v) is 13.5. The first-order chi connectivity index (χ1) is 36.7. The van der Waals surface area contributed by atoms with Crippen molar-refractivity contribution in [2.45, 2.75) is 282 Å². The van der Waals surface area contributed by atoms with Crippen molar-refractivity contribution in [2.75, 3.05) is 13.2 Å². The molecule has 75 heavy (non-hydrogen) atoms. The quantitative estimate of drug-likeness (QED) is 0.0195. The molecular formula is C64H109NO10. The third kappa shape index (κ3) is 39.6. The van der Waals surface area contributed by atoms with Crippen molar-refractivity contribution < 1.29 is 49.3 Å². The maximum atomic E-state index is 13.4. The Kier molecular flexibility index (Phi) is 47.6. The van der Waals surface area contributed by atoms with E-state index < -0.39 is 67.4 Å². The molecule has 0 spiro atoms. The zero-order valence-electron chi connectivity index (χ0n) is 47.4. The number of aliphatic hydroxyl groups is 5. The first-order valence-corrected chi connectivity index (χ1v) is 30.0. The van der Waals surface area contributed by atoms with Gasteiger partial charge in [-0.1, -0.05) is 221 Å². The van der Waals surface area contributed by atoms with Gasteiger partial charge in [-0.05, 0) is 103 Å². The van der Waals surface area contributed by atoms with Crippen molar-refractivity contribution in [1.82, 2.24) is 5.32 Å². The Bertz CT molecular complexity index is 1580. The number of carbonyl (C=O) groups is 2. The molecule has 6 N–H and O–H groups in total. The number of hydrogen-bond donors (Lipinski definition) is 6. The molecule has 1 fully saturated rings. The summed E-state index contributed by atoms with van der Waals surface area (Å²) in [6, 6.07) is -1.05. The SMILES string of the molecule is CC/C=C\C/C=C\C/C=C\C/C=C\C/C=C\C/C=C\CCCC(O)C(=O)NC(COC1OC(CO)C(O)C(O)C1OC(=O)CCCCCCCCC/C=C\CCCCCC)C(O)/C=C/CCCCCCCCCCC. The highest BCUT2D eigenvalue weighted by Crippen LogP contribution is 2.26. The van der Waals surface area contributed by atoms with Gasteiger partial charge in [-0.25, -0.2) is 0 Å². The molecule has 0 aromatic carbocycles. The Labute approximate surface area is 456 Å². The molecule has 1 heterocycles.